The van der Waals surface area contributed by atoms with Crippen LogP contribution < -0.4 is 5.32 Å². The van der Waals surface area contributed by atoms with Gasteiger partial charge in [0.25, 0.3) is 0 Å². The lowest BCUT2D eigenvalue weighted by atomic mass is 10.1. The molecule has 0 fully saturated rings. The van der Waals surface area contributed by atoms with Gasteiger partial charge in [-0.25, -0.2) is 4.98 Å². The number of amides is 1. The molecule has 0 spiro atoms. The van der Waals surface area contributed by atoms with Gasteiger partial charge in [-0.2, -0.15) is 0 Å². The minimum absolute atomic E-state index is 0.0309. The van der Waals surface area contributed by atoms with Gasteiger partial charge in [-0.3, -0.25) is 4.79 Å². The number of anilines is 1. The van der Waals surface area contributed by atoms with E-state index in [4.69, 9.17) is 4.98 Å². The van der Waals surface area contributed by atoms with E-state index < -0.39 is 0 Å². The molecule has 0 atom stereocenters. The molecule has 29 heavy (non-hydrogen) atoms. The first-order valence-electron chi connectivity index (χ1n) is 9.30. The highest BCUT2D eigenvalue weighted by atomic mass is 32.2. The van der Waals surface area contributed by atoms with Crippen molar-refractivity contribution in [3.8, 4) is 21.7 Å². The van der Waals surface area contributed by atoms with Gasteiger partial charge >= 0.3 is 0 Å². The second-order valence-corrected chi connectivity index (χ2v) is 8.81. The van der Waals surface area contributed by atoms with Gasteiger partial charge in [0.15, 0.2) is 4.34 Å². The lowest BCUT2D eigenvalue weighted by Gasteiger charge is -2.04. The highest BCUT2D eigenvalue weighted by Gasteiger charge is 2.16. The summed E-state index contributed by atoms with van der Waals surface area (Å²) in [6.07, 6.45) is 0. The zero-order valence-electron chi connectivity index (χ0n) is 16.0. The van der Waals surface area contributed by atoms with E-state index in [2.05, 4.69) is 29.6 Å². The standard InChI is InChI=1S/C24H20N2OS2/c1-17-12-14-20(15-13-17)25-21(27)16-28-24-26-22(18-8-4-2-5-9-18)23(29-24)19-10-6-3-7-11-19/h2-15H,16H2,1H3,(H,25,27). The number of hydrogen-bond donors (Lipinski definition) is 1. The van der Waals surface area contributed by atoms with Crippen LogP contribution in [-0.2, 0) is 4.79 Å². The SMILES string of the molecule is Cc1ccc(NC(=O)CSc2nc(-c3ccccc3)c(-c3ccccc3)s2)cc1. The average molecular weight is 417 g/mol. The number of rotatable bonds is 6. The molecule has 0 aliphatic rings. The lowest BCUT2D eigenvalue weighted by Crippen LogP contribution is -2.13. The van der Waals surface area contributed by atoms with Crippen LogP contribution in [0.5, 0.6) is 0 Å². The Morgan fingerprint density at radius 2 is 1.52 bits per heavy atom. The molecule has 4 aromatic rings. The van der Waals surface area contributed by atoms with Crippen LogP contribution in [0.2, 0.25) is 0 Å². The van der Waals surface area contributed by atoms with E-state index in [0.717, 1.165) is 31.7 Å². The molecule has 0 saturated heterocycles. The molecule has 3 nitrogen and oxygen atoms in total. The fourth-order valence-corrected chi connectivity index (χ4v) is 4.87. The first-order chi connectivity index (χ1) is 14.2. The molecule has 0 aliphatic carbocycles. The minimum atomic E-state index is -0.0309. The predicted molar refractivity (Wildman–Crippen MR) is 124 cm³/mol. The molecule has 1 N–H and O–H groups in total. The molecule has 144 valence electrons. The Balaban J connectivity index is 1.53. The average Bonchev–Trinajstić information content (AvgIpc) is 3.20. The number of nitrogens with zero attached hydrogens (tertiary/aromatic N) is 1. The van der Waals surface area contributed by atoms with E-state index in [1.54, 1.807) is 11.3 Å². The van der Waals surface area contributed by atoms with Gasteiger partial charge in [-0.05, 0) is 24.6 Å². The molecule has 1 amide bonds. The first kappa shape index (κ1) is 19.4. The number of thiazole rings is 1. The van der Waals surface area contributed by atoms with Crippen molar-refractivity contribution in [2.45, 2.75) is 11.3 Å². The molecule has 5 heteroatoms. The zero-order chi connectivity index (χ0) is 20.1. The molecule has 0 aliphatic heterocycles. The molecule has 0 saturated carbocycles. The third kappa shape index (κ3) is 4.94. The van der Waals surface area contributed by atoms with E-state index in [1.165, 1.54) is 17.3 Å². The summed E-state index contributed by atoms with van der Waals surface area (Å²) in [4.78, 5) is 18.3. The number of aryl methyl sites for hydroxylation is 1. The van der Waals surface area contributed by atoms with Gasteiger partial charge in [0.2, 0.25) is 5.91 Å². The van der Waals surface area contributed by atoms with E-state index in [-0.39, 0.29) is 5.91 Å². The second kappa shape index (κ2) is 9.07. The Morgan fingerprint density at radius 1 is 0.897 bits per heavy atom. The third-order valence-corrected chi connectivity index (χ3v) is 6.60. The quantitative estimate of drug-likeness (QED) is 0.364. The van der Waals surface area contributed by atoms with E-state index in [9.17, 15) is 4.79 Å². The summed E-state index contributed by atoms with van der Waals surface area (Å²) in [7, 11) is 0. The number of aromatic nitrogens is 1. The molecule has 1 heterocycles. The van der Waals surface area contributed by atoms with Crippen molar-refractivity contribution < 1.29 is 4.79 Å². The molecule has 0 unspecified atom stereocenters. The Morgan fingerprint density at radius 3 is 2.17 bits per heavy atom. The molecule has 1 aromatic heterocycles. The van der Waals surface area contributed by atoms with Crippen LogP contribution in [0.25, 0.3) is 21.7 Å². The molecular weight excluding hydrogens is 396 g/mol. The van der Waals surface area contributed by atoms with E-state index in [1.807, 2.05) is 67.6 Å². The summed E-state index contributed by atoms with van der Waals surface area (Å²) in [5, 5.41) is 2.94. The molecular formula is C24H20N2OS2. The van der Waals surface area contributed by atoms with Crippen LogP contribution in [0.15, 0.2) is 89.3 Å². The molecule has 0 radical (unpaired) electrons. The van der Waals surface area contributed by atoms with Gasteiger partial charge < -0.3 is 5.32 Å². The maximum absolute atomic E-state index is 12.3. The fourth-order valence-electron chi connectivity index (χ4n) is 2.90. The maximum atomic E-state index is 12.3. The van der Waals surface area contributed by atoms with Crippen LogP contribution in [0.1, 0.15) is 5.56 Å². The summed E-state index contributed by atoms with van der Waals surface area (Å²) in [5.74, 6) is 0.292. The molecule has 4 rings (SSSR count). The number of hydrogen-bond acceptors (Lipinski definition) is 4. The van der Waals surface area contributed by atoms with Crippen molar-refractivity contribution in [1.29, 1.82) is 0 Å². The van der Waals surface area contributed by atoms with Gasteiger partial charge in [0.1, 0.15) is 0 Å². The number of thioether (sulfide) groups is 1. The Bertz CT molecular complexity index is 1030. The van der Waals surface area contributed by atoms with Crippen LogP contribution in [0.4, 0.5) is 5.69 Å². The fraction of sp³-hybridized carbons (Fsp3) is 0.0833. The van der Waals surface area contributed by atoms with Crippen LogP contribution in [0.3, 0.4) is 0 Å². The smallest absolute Gasteiger partial charge is 0.234 e. The highest BCUT2D eigenvalue weighted by Crippen LogP contribution is 2.40. The van der Waals surface area contributed by atoms with Crippen molar-refractivity contribution in [3.63, 3.8) is 0 Å². The number of nitrogens with one attached hydrogen (secondary N) is 1. The summed E-state index contributed by atoms with van der Waals surface area (Å²) in [6.45, 7) is 2.03. The number of carbonyl (C=O) groups excluding carboxylic acids is 1. The number of benzene rings is 3. The van der Waals surface area contributed by atoms with Crippen LogP contribution in [0, 0.1) is 6.92 Å². The van der Waals surface area contributed by atoms with Crippen molar-refractivity contribution in [3.05, 3.63) is 90.5 Å². The van der Waals surface area contributed by atoms with Crippen molar-refractivity contribution >= 4 is 34.7 Å². The monoisotopic (exact) mass is 416 g/mol. The first-order valence-corrected chi connectivity index (χ1v) is 11.1. The zero-order valence-corrected chi connectivity index (χ0v) is 17.6. The maximum Gasteiger partial charge on any atom is 0.234 e. The largest absolute Gasteiger partial charge is 0.325 e. The van der Waals surface area contributed by atoms with Gasteiger partial charge in [0, 0.05) is 11.3 Å². The Hall–Kier alpha value is -2.89. The van der Waals surface area contributed by atoms with Gasteiger partial charge in [-0.15, -0.1) is 11.3 Å². The topological polar surface area (TPSA) is 42.0 Å². The van der Waals surface area contributed by atoms with Gasteiger partial charge in [-0.1, -0.05) is 90.1 Å². The summed E-state index contributed by atoms with van der Waals surface area (Å²) in [6, 6.07) is 28.3. The van der Waals surface area contributed by atoms with E-state index >= 15 is 0 Å². The predicted octanol–water partition coefficient (Wildman–Crippen LogP) is 6.52. The van der Waals surface area contributed by atoms with Gasteiger partial charge in [0.05, 0.1) is 16.3 Å². The van der Waals surface area contributed by atoms with Crippen molar-refractivity contribution in [2.24, 2.45) is 0 Å². The molecule has 0 bridgehead atoms. The summed E-state index contributed by atoms with van der Waals surface area (Å²) in [5.41, 5.74) is 5.17. The summed E-state index contributed by atoms with van der Waals surface area (Å²) >= 11 is 3.10. The third-order valence-electron chi connectivity index (χ3n) is 4.35. The Labute approximate surface area is 178 Å². The lowest BCUT2D eigenvalue weighted by molar-refractivity contribution is -0.113. The van der Waals surface area contributed by atoms with E-state index in [0.29, 0.717) is 5.75 Å². The van der Waals surface area contributed by atoms with Crippen LogP contribution >= 0.6 is 23.1 Å². The van der Waals surface area contributed by atoms with Crippen molar-refractivity contribution in [2.75, 3.05) is 11.1 Å². The summed E-state index contributed by atoms with van der Waals surface area (Å²) < 4.78 is 0.891. The molecule has 3 aromatic carbocycles. The highest BCUT2D eigenvalue weighted by molar-refractivity contribution is 8.01. The van der Waals surface area contributed by atoms with Crippen molar-refractivity contribution in [1.82, 2.24) is 4.98 Å². The van der Waals surface area contributed by atoms with Crippen LogP contribution in [-0.4, -0.2) is 16.6 Å². The number of carbonyl (C=O) groups is 1. The normalized spacial score (nSPS) is 10.7. The Kier molecular flexibility index (Phi) is 6.08. The second-order valence-electron chi connectivity index (χ2n) is 6.59. The minimum Gasteiger partial charge on any atom is -0.325 e.